The molecular weight excluding hydrogens is 286 g/mol. The van der Waals surface area contributed by atoms with Crippen LogP contribution in [-0.2, 0) is 17.3 Å². The molecule has 1 aromatic rings. The maximum atomic E-state index is 12.0. The van der Waals surface area contributed by atoms with Gasteiger partial charge in [-0.15, -0.1) is 0 Å². The molecule has 1 N–H and O–H groups in total. The number of hydrogen-bond donors (Lipinski definition) is 1. The Morgan fingerprint density at radius 1 is 1.58 bits per heavy atom. The first-order valence-corrected chi connectivity index (χ1v) is 8.38. The molecule has 7 heteroatoms. The molecule has 1 heterocycles. The lowest BCUT2D eigenvalue weighted by Crippen LogP contribution is -2.27. The Hall–Kier alpha value is -0.880. The SMILES string of the molecule is CCCCn1ncc(NC(C)CS(C)=O)c(Cl)c1=O. The number of hydrogen-bond acceptors (Lipinski definition) is 4. The van der Waals surface area contributed by atoms with Gasteiger partial charge in [0.1, 0.15) is 5.02 Å². The van der Waals surface area contributed by atoms with Gasteiger partial charge in [0.15, 0.2) is 0 Å². The zero-order valence-corrected chi connectivity index (χ0v) is 13.1. The molecule has 5 nitrogen and oxygen atoms in total. The number of aryl methyl sites for hydroxylation is 1. The number of unbranched alkanes of at least 4 members (excludes halogenated alkanes) is 1. The van der Waals surface area contributed by atoms with Crippen molar-refractivity contribution in [3.05, 3.63) is 21.6 Å². The fourth-order valence-corrected chi connectivity index (χ4v) is 2.68. The molecule has 0 bridgehead atoms. The van der Waals surface area contributed by atoms with Crippen molar-refractivity contribution in [2.24, 2.45) is 0 Å². The minimum atomic E-state index is -0.899. The second-order valence-corrected chi connectivity index (χ2v) is 6.40. The van der Waals surface area contributed by atoms with Crippen LogP contribution < -0.4 is 10.9 Å². The van der Waals surface area contributed by atoms with Crippen molar-refractivity contribution in [1.29, 1.82) is 0 Å². The van der Waals surface area contributed by atoms with E-state index in [1.54, 1.807) is 12.5 Å². The Balaban J connectivity index is 2.84. The molecule has 0 amide bonds. The standard InChI is InChI=1S/C12H20ClN3O2S/c1-4-5-6-16-12(17)11(13)10(7-14-16)15-9(2)8-19(3)18/h7,9,15H,4-6,8H2,1-3H3. The molecular formula is C12H20ClN3O2S. The number of anilines is 1. The topological polar surface area (TPSA) is 64.0 Å². The van der Waals surface area contributed by atoms with Gasteiger partial charge < -0.3 is 5.32 Å². The van der Waals surface area contributed by atoms with Crippen LogP contribution in [0.25, 0.3) is 0 Å². The van der Waals surface area contributed by atoms with Crippen LogP contribution in [0.4, 0.5) is 5.69 Å². The quantitative estimate of drug-likeness (QED) is 0.835. The molecule has 0 fully saturated rings. The lowest BCUT2D eigenvalue weighted by molar-refractivity contribution is 0.543. The molecule has 1 aromatic heterocycles. The van der Waals surface area contributed by atoms with Gasteiger partial charge in [0.05, 0.1) is 11.9 Å². The van der Waals surface area contributed by atoms with E-state index in [0.717, 1.165) is 12.8 Å². The molecule has 0 aromatic carbocycles. The molecule has 0 spiro atoms. The summed E-state index contributed by atoms with van der Waals surface area (Å²) in [5.74, 6) is 0.495. The second kappa shape index (κ2) is 7.65. The minimum absolute atomic E-state index is 0.0315. The Morgan fingerprint density at radius 2 is 2.26 bits per heavy atom. The van der Waals surface area contributed by atoms with E-state index in [1.165, 1.54) is 4.68 Å². The molecule has 0 aliphatic carbocycles. The van der Waals surface area contributed by atoms with Crippen LogP contribution in [0.1, 0.15) is 26.7 Å². The molecule has 19 heavy (non-hydrogen) atoms. The third-order valence-corrected chi connectivity index (χ3v) is 3.93. The Labute approximate surface area is 120 Å². The van der Waals surface area contributed by atoms with Gasteiger partial charge in [-0.3, -0.25) is 9.00 Å². The van der Waals surface area contributed by atoms with E-state index in [2.05, 4.69) is 17.3 Å². The van der Waals surface area contributed by atoms with Gasteiger partial charge in [-0.25, -0.2) is 4.68 Å². The van der Waals surface area contributed by atoms with Gasteiger partial charge in [0.25, 0.3) is 5.56 Å². The van der Waals surface area contributed by atoms with Crippen molar-refractivity contribution in [2.75, 3.05) is 17.3 Å². The zero-order chi connectivity index (χ0) is 14.4. The fraction of sp³-hybridized carbons (Fsp3) is 0.667. The Bertz CT molecular complexity index is 504. The predicted octanol–water partition coefficient (Wildman–Crippen LogP) is 1.88. The third-order valence-electron chi connectivity index (χ3n) is 2.59. The maximum Gasteiger partial charge on any atom is 0.287 e. The highest BCUT2D eigenvalue weighted by Gasteiger charge is 2.12. The number of nitrogens with one attached hydrogen (secondary N) is 1. The fourth-order valence-electron chi connectivity index (χ4n) is 1.69. The lowest BCUT2D eigenvalue weighted by atomic mass is 10.3. The second-order valence-electron chi connectivity index (χ2n) is 4.54. The Kier molecular flexibility index (Phi) is 6.51. The van der Waals surface area contributed by atoms with Crippen molar-refractivity contribution in [1.82, 2.24) is 9.78 Å². The molecule has 0 aliphatic rings. The van der Waals surface area contributed by atoms with Crippen molar-refractivity contribution in [3.8, 4) is 0 Å². The molecule has 0 saturated carbocycles. The van der Waals surface area contributed by atoms with Crippen LogP contribution >= 0.6 is 11.6 Å². The average molecular weight is 306 g/mol. The number of halogens is 1. The molecule has 108 valence electrons. The highest BCUT2D eigenvalue weighted by Crippen LogP contribution is 2.16. The van der Waals surface area contributed by atoms with Crippen LogP contribution in [-0.4, -0.2) is 32.0 Å². The highest BCUT2D eigenvalue weighted by atomic mass is 35.5. The number of aromatic nitrogens is 2. The first kappa shape index (κ1) is 16.2. The molecule has 2 unspecified atom stereocenters. The minimum Gasteiger partial charge on any atom is -0.379 e. The molecule has 1 rings (SSSR count). The van der Waals surface area contributed by atoms with Gasteiger partial charge in [0, 0.05) is 35.4 Å². The summed E-state index contributed by atoms with van der Waals surface area (Å²) in [5, 5.41) is 7.29. The summed E-state index contributed by atoms with van der Waals surface area (Å²) >= 11 is 6.05. The van der Waals surface area contributed by atoms with Crippen molar-refractivity contribution in [3.63, 3.8) is 0 Å². The van der Waals surface area contributed by atoms with E-state index >= 15 is 0 Å². The first-order chi connectivity index (χ1) is 8.95. The zero-order valence-electron chi connectivity index (χ0n) is 11.5. The molecule has 0 saturated heterocycles. The average Bonchev–Trinajstić information content (AvgIpc) is 2.33. The first-order valence-electron chi connectivity index (χ1n) is 6.27. The Morgan fingerprint density at radius 3 is 2.84 bits per heavy atom. The van der Waals surface area contributed by atoms with E-state index in [0.29, 0.717) is 18.0 Å². The summed E-state index contributed by atoms with van der Waals surface area (Å²) in [6.07, 6.45) is 5.07. The molecule has 2 atom stereocenters. The van der Waals surface area contributed by atoms with E-state index in [1.807, 2.05) is 6.92 Å². The van der Waals surface area contributed by atoms with Crippen LogP contribution in [0.2, 0.25) is 5.02 Å². The van der Waals surface area contributed by atoms with Gasteiger partial charge in [0.2, 0.25) is 0 Å². The van der Waals surface area contributed by atoms with E-state index in [-0.39, 0.29) is 16.6 Å². The summed E-state index contributed by atoms with van der Waals surface area (Å²) in [5.41, 5.74) is 0.210. The third kappa shape index (κ3) is 4.95. The summed E-state index contributed by atoms with van der Waals surface area (Å²) in [7, 11) is -0.899. The number of nitrogens with zero attached hydrogens (tertiary/aromatic N) is 2. The van der Waals surface area contributed by atoms with Gasteiger partial charge in [-0.05, 0) is 13.3 Å². The van der Waals surface area contributed by atoms with Crippen LogP contribution in [0, 0.1) is 0 Å². The smallest absolute Gasteiger partial charge is 0.287 e. The summed E-state index contributed by atoms with van der Waals surface area (Å²) in [6.45, 7) is 4.51. The maximum absolute atomic E-state index is 12.0. The van der Waals surface area contributed by atoms with Gasteiger partial charge in [-0.1, -0.05) is 24.9 Å². The van der Waals surface area contributed by atoms with Gasteiger partial charge in [-0.2, -0.15) is 5.10 Å². The lowest BCUT2D eigenvalue weighted by Gasteiger charge is -2.15. The largest absolute Gasteiger partial charge is 0.379 e. The van der Waals surface area contributed by atoms with Crippen LogP contribution in [0.15, 0.2) is 11.0 Å². The van der Waals surface area contributed by atoms with Crippen molar-refractivity contribution in [2.45, 2.75) is 39.3 Å². The molecule has 0 aliphatic heterocycles. The normalized spacial score (nSPS) is 14.1. The predicted molar refractivity (Wildman–Crippen MR) is 80.4 cm³/mol. The molecule has 0 radical (unpaired) electrons. The highest BCUT2D eigenvalue weighted by molar-refractivity contribution is 7.84. The van der Waals surface area contributed by atoms with E-state index in [4.69, 9.17) is 11.6 Å². The van der Waals surface area contributed by atoms with Crippen molar-refractivity contribution >= 4 is 28.1 Å². The van der Waals surface area contributed by atoms with E-state index in [9.17, 15) is 9.00 Å². The summed E-state index contributed by atoms with van der Waals surface area (Å²) in [4.78, 5) is 12.0. The van der Waals surface area contributed by atoms with Crippen LogP contribution in [0.3, 0.4) is 0 Å². The van der Waals surface area contributed by atoms with E-state index < -0.39 is 10.8 Å². The monoisotopic (exact) mass is 305 g/mol. The number of rotatable bonds is 7. The van der Waals surface area contributed by atoms with Crippen molar-refractivity contribution < 1.29 is 4.21 Å². The summed E-state index contributed by atoms with van der Waals surface area (Å²) in [6, 6.07) is -0.0315. The summed E-state index contributed by atoms with van der Waals surface area (Å²) < 4.78 is 12.5. The van der Waals surface area contributed by atoms with Crippen LogP contribution in [0.5, 0.6) is 0 Å². The van der Waals surface area contributed by atoms with Gasteiger partial charge >= 0.3 is 0 Å².